The number of benzene rings is 1. The minimum absolute atomic E-state index is 0.261. The molecule has 0 bridgehead atoms. The number of hydrogen-bond acceptors (Lipinski definition) is 8. The minimum Gasteiger partial charge on any atom is -0.494 e. The molecule has 0 radical (unpaired) electrons. The predicted molar refractivity (Wildman–Crippen MR) is 111 cm³/mol. The van der Waals surface area contributed by atoms with Crippen molar-refractivity contribution in [1.82, 2.24) is 15.0 Å². The van der Waals surface area contributed by atoms with Crippen molar-refractivity contribution in [3.8, 4) is 5.75 Å². The van der Waals surface area contributed by atoms with Gasteiger partial charge in [0.25, 0.3) is 0 Å². The molecule has 0 aliphatic carbocycles. The molecule has 0 saturated carbocycles. The molecule has 0 N–H and O–H groups in total. The number of piperazine rings is 1. The number of hydrogen-bond donors (Lipinski definition) is 0. The summed E-state index contributed by atoms with van der Waals surface area (Å²) >= 11 is 0. The van der Waals surface area contributed by atoms with E-state index in [1.54, 1.807) is 24.3 Å². The SMILES string of the molecule is CC(C)c1noc(N2CCN(C(C)CCOc3ccc(S(C)(=O)=O)cc3)CC2)n1. The first kappa shape index (κ1) is 21.6. The van der Waals surface area contributed by atoms with Crippen molar-refractivity contribution in [2.75, 3.05) is 43.9 Å². The first-order chi connectivity index (χ1) is 13.7. The van der Waals surface area contributed by atoms with E-state index in [4.69, 9.17) is 9.26 Å². The Morgan fingerprint density at radius 2 is 1.76 bits per heavy atom. The van der Waals surface area contributed by atoms with Crippen LogP contribution in [0.4, 0.5) is 6.01 Å². The van der Waals surface area contributed by atoms with Crippen LogP contribution < -0.4 is 9.64 Å². The Hall–Kier alpha value is -2.13. The first-order valence-electron chi connectivity index (χ1n) is 9.99. The molecule has 160 valence electrons. The van der Waals surface area contributed by atoms with E-state index in [1.165, 1.54) is 6.26 Å². The van der Waals surface area contributed by atoms with Crippen LogP contribution in [0.15, 0.2) is 33.7 Å². The molecule has 1 unspecified atom stereocenters. The third kappa shape index (κ3) is 5.70. The smallest absolute Gasteiger partial charge is 0.324 e. The zero-order chi connectivity index (χ0) is 21.0. The van der Waals surface area contributed by atoms with E-state index in [0.29, 0.717) is 29.3 Å². The molecule has 0 amide bonds. The van der Waals surface area contributed by atoms with Crippen LogP contribution in [0, 0.1) is 0 Å². The van der Waals surface area contributed by atoms with Crippen molar-refractivity contribution >= 4 is 15.9 Å². The highest BCUT2D eigenvalue weighted by Crippen LogP contribution is 2.20. The Morgan fingerprint density at radius 3 is 2.31 bits per heavy atom. The molecule has 1 saturated heterocycles. The molecule has 1 aliphatic heterocycles. The summed E-state index contributed by atoms with van der Waals surface area (Å²) in [5.41, 5.74) is 0. The summed E-state index contributed by atoms with van der Waals surface area (Å²) < 4.78 is 34.2. The molecule has 29 heavy (non-hydrogen) atoms. The number of sulfone groups is 1. The molecule has 1 aromatic carbocycles. The van der Waals surface area contributed by atoms with Crippen LogP contribution in [0.1, 0.15) is 38.9 Å². The van der Waals surface area contributed by atoms with E-state index >= 15 is 0 Å². The molecule has 2 heterocycles. The molecule has 0 spiro atoms. The van der Waals surface area contributed by atoms with Gasteiger partial charge in [-0.2, -0.15) is 4.98 Å². The van der Waals surface area contributed by atoms with E-state index in [9.17, 15) is 8.42 Å². The monoisotopic (exact) mass is 422 g/mol. The van der Waals surface area contributed by atoms with E-state index < -0.39 is 9.84 Å². The number of ether oxygens (including phenoxy) is 1. The molecule has 1 aromatic heterocycles. The van der Waals surface area contributed by atoms with Crippen molar-refractivity contribution in [3.63, 3.8) is 0 Å². The highest BCUT2D eigenvalue weighted by atomic mass is 32.2. The quantitative estimate of drug-likeness (QED) is 0.641. The molecule has 1 aliphatic rings. The molecular formula is C20H30N4O4S. The Balaban J connectivity index is 1.42. The molecule has 1 fully saturated rings. The summed E-state index contributed by atoms with van der Waals surface area (Å²) in [7, 11) is -3.18. The average molecular weight is 423 g/mol. The summed E-state index contributed by atoms with van der Waals surface area (Å²) in [6.45, 7) is 10.5. The highest BCUT2D eigenvalue weighted by Gasteiger charge is 2.24. The lowest BCUT2D eigenvalue weighted by Gasteiger charge is -2.37. The lowest BCUT2D eigenvalue weighted by molar-refractivity contribution is 0.163. The van der Waals surface area contributed by atoms with Crippen molar-refractivity contribution in [2.24, 2.45) is 0 Å². The van der Waals surface area contributed by atoms with Crippen LogP contribution in [-0.2, 0) is 9.84 Å². The Bertz CT molecular complexity index is 887. The Labute approximate surface area is 172 Å². The Morgan fingerprint density at radius 1 is 1.10 bits per heavy atom. The van der Waals surface area contributed by atoms with Gasteiger partial charge in [-0.25, -0.2) is 8.42 Å². The number of anilines is 1. The van der Waals surface area contributed by atoms with Gasteiger partial charge in [0.2, 0.25) is 0 Å². The maximum atomic E-state index is 11.5. The second-order valence-corrected chi connectivity index (χ2v) is 9.86. The third-order valence-corrected chi connectivity index (χ3v) is 6.34. The predicted octanol–water partition coefficient (Wildman–Crippen LogP) is 2.58. The summed E-state index contributed by atoms with van der Waals surface area (Å²) in [6, 6.07) is 7.57. The van der Waals surface area contributed by atoms with E-state index in [2.05, 4.69) is 40.7 Å². The average Bonchev–Trinajstić information content (AvgIpc) is 3.18. The maximum absolute atomic E-state index is 11.5. The first-order valence-corrected chi connectivity index (χ1v) is 11.9. The summed E-state index contributed by atoms with van der Waals surface area (Å²) in [4.78, 5) is 9.36. The summed E-state index contributed by atoms with van der Waals surface area (Å²) in [5, 5.41) is 4.04. The van der Waals surface area contributed by atoms with Gasteiger partial charge in [0, 0.05) is 44.4 Å². The van der Waals surface area contributed by atoms with Crippen molar-refractivity contribution in [2.45, 2.75) is 44.0 Å². The second kappa shape index (κ2) is 9.13. The summed E-state index contributed by atoms with van der Waals surface area (Å²) in [5.74, 6) is 1.70. The second-order valence-electron chi connectivity index (χ2n) is 7.84. The van der Waals surface area contributed by atoms with Crippen LogP contribution in [0.2, 0.25) is 0 Å². The van der Waals surface area contributed by atoms with Gasteiger partial charge >= 0.3 is 6.01 Å². The van der Waals surface area contributed by atoms with Crippen LogP contribution in [0.5, 0.6) is 5.75 Å². The fraction of sp³-hybridized carbons (Fsp3) is 0.600. The normalized spacial score (nSPS) is 16.9. The Kier molecular flexibility index (Phi) is 6.79. The largest absolute Gasteiger partial charge is 0.494 e. The van der Waals surface area contributed by atoms with Gasteiger partial charge < -0.3 is 14.2 Å². The molecule has 3 rings (SSSR count). The van der Waals surface area contributed by atoms with E-state index in [1.807, 2.05) is 0 Å². The number of rotatable bonds is 8. The topological polar surface area (TPSA) is 88.8 Å². The van der Waals surface area contributed by atoms with Gasteiger partial charge in [-0.05, 0) is 37.6 Å². The molecule has 9 heteroatoms. The van der Waals surface area contributed by atoms with Crippen molar-refractivity contribution in [1.29, 1.82) is 0 Å². The molecule has 8 nitrogen and oxygen atoms in total. The van der Waals surface area contributed by atoms with E-state index in [-0.39, 0.29) is 5.92 Å². The van der Waals surface area contributed by atoms with Gasteiger partial charge in [-0.1, -0.05) is 19.0 Å². The zero-order valence-corrected chi connectivity index (χ0v) is 18.4. The van der Waals surface area contributed by atoms with Crippen molar-refractivity contribution in [3.05, 3.63) is 30.1 Å². The molecule has 1 atom stereocenters. The third-order valence-electron chi connectivity index (χ3n) is 5.21. The van der Waals surface area contributed by atoms with Gasteiger partial charge in [0.05, 0.1) is 11.5 Å². The van der Waals surface area contributed by atoms with E-state index in [0.717, 1.165) is 38.4 Å². The zero-order valence-electron chi connectivity index (χ0n) is 17.5. The summed E-state index contributed by atoms with van der Waals surface area (Å²) in [6.07, 6.45) is 2.10. The lowest BCUT2D eigenvalue weighted by Crippen LogP contribution is -2.50. The van der Waals surface area contributed by atoms with Crippen LogP contribution >= 0.6 is 0 Å². The van der Waals surface area contributed by atoms with Gasteiger partial charge in [-0.15, -0.1) is 0 Å². The van der Waals surface area contributed by atoms with Crippen LogP contribution in [0.3, 0.4) is 0 Å². The fourth-order valence-electron chi connectivity index (χ4n) is 3.26. The van der Waals surface area contributed by atoms with Gasteiger partial charge in [-0.3, -0.25) is 4.90 Å². The van der Waals surface area contributed by atoms with Gasteiger partial charge in [0.15, 0.2) is 15.7 Å². The standard InChI is InChI=1S/C20H30N4O4S/c1-15(2)19-21-20(28-22-19)24-12-10-23(11-13-24)16(3)9-14-27-17-5-7-18(8-6-17)29(4,25)26/h5-8,15-16H,9-14H2,1-4H3. The molecular weight excluding hydrogens is 392 g/mol. The van der Waals surface area contributed by atoms with Crippen LogP contribution in [0.25, 0.3) is 0 Å². The van der Waals surface area contributed by atoms with Crippen molar-refractivity contribution < 1.29 is 17.7 Å². The lowest BCUT2D eigenvalue weighted by atomic mass is 10.2. The maximum Gasteiger partial charge on any atom is 0.324 e. The number of aromatic nitrogens is 2. The van der Waals surface area contributed by atoms with Crippen LogP contribution in [-0.4, -0.2) is 68.5 Å². The molecule has 2 aromatic rings. The minimum atomic E-state index is -3.18. The highest BCUT2D eigenvalue weighted by molar-refractivity contribution is 7.90. The fourth-order valence-corrected chi connectivity index (χ4v) is 3.89. The van der Waals surface area contributed by atoms with Gasteiger partial charge in [0.1, 0.15) is 5.75 Å². The number of nitrogens with zero attached hydrogens (tertiary/aromatic N) is 4.